The molecule has 156 valence electrons. The third-order valence-electron chi connectivity index (χ3n) is 4.72. The molecule has 3 rings (SSSR count). The minimum absolute atomic E-state index is 0.0802. The third kappa shape index (κ3) is 4.36. The summed E-state index contributed by atoms with van der Waals surface area (Å²) in [7, 11) is -4.05. The number of hydrogen-bond donors (Lipinski definition) is 1. The number of ketones is 1. The van der Waals surface area contributed by atoms with E-state index >= 15 is 0 Å². The fourth-order valence-electron chi connectivity index (χ4n) is 3.70. The zero-order valence-corrected chi connectivity index (χ0v) is 18.1. The Morgan fingerprint density at radius 3 is 2.23 bits per heavy atom. The molecule has 0 unspecified atom stereocenters. The summed E-state index contributed by atoms with van der Waals surface area (Å²) in [6.45, 7) is 6.12. The Bertz CT molecular complexity index is 1240. The summed E-state index contributed by atoms with van der Waals surface area (Å²) < 4.78 is 33.0. The molecule has 6 nitrogen and oxygen atoms in total. The highest BCUT2D eigenvalue weighted by Gasteiger charge is 2.23. The van der Waals surface area contributed by atoms with Gasteiger partial charge in [-0.2, -0.15) is 0 Å². The van der Waals surface area contributed by atoms with Crippen molar-refractivity contribution in [2.75, 3.05) is 6.61 Å². The Kier molecular flexibility index (Phi) is 5.94. The van der Waals surface area contributed by atoms with E-state index in [2.05, 4.69) is 4.72 Å². The second-order valence-electron chi connectivity index (χ2n) is 7.26. The van der Waals surface area contributed by atoms with Crippen molar-refractivity contribution in [1.29, 1.82) is 0 Å². The molecule has 7 heteroatoms. The zero-order valence-electron chi connectivity index (χ0n) is 17.3. The maximum absolute atomic E-state index is 12.7. The van der Waals surface area contributed by atoms with E-state index in [0.717, 1.165) is 10.9 Å². The van der Waals surface area contributed by atoms with Gasteiger partial charge in [0.2, 0.25) is 0 Å². The van der Waals surface area contributed by atoms with Crippen molar-refractivity contribution in [2.24, 2.45) is 0 Å². The van der Waals surface area contributed by atoms with Crippen LogP contribution in [-0.4, -0.2) is 26.7 Å². The highest BCUT2D eigenvalue weighted by atomic mass is 32.2. The number of carbonyl (C=O) groups excluding carboxylic acids is 2. The topological polar surface area (TPSA) is 89.5 Å². The van der Waals surface area contributed by atoms with Crippen LogP contribution in [0.15, 0.2) is 53.4 Å². The van der Waals surface area contributed by atoms with Crippen LogP contribution in [0.3, 0.4) is 0 Å². The number of aryl methyl sites for hydroxylation is 3. The molecule has 3 aromatic rings. The fourth-order valence-corrected chi connectivity index (χ4v) is 5.13. The van der Waals surface area contributed by atoms with Gasteiger partial charge in [-0.1, -0.05) is 48.0 Å². The second kappa shape index (κ2) is 8.28. The molecule has 1 N–H and O–H groups in total. The molecule has 0 atom stereocenters. The minimum atomic E-state index is -4.05. The lowest BCUT2D eigenvalue weighted by molar-refractivity contribution is -0.121. The van der Waals surface area contributed by atoms with Gasteiger partial charge < -0.3 is 4.74 Å². The normalized spacial score (nSPS) is 11.3. The summed E-state index contributed by atoms with van der Waals surface area (Å²) in [5.41, 5.74) is 2.41. The molecule has 0 radical (unpaired) electrons. The first-order chi connectivity index (χ1) is 14.1. The van der Waals surface area contributed by atoms with Gasteiger partial charge in [-0.15, -0.1) is 0 Å². The van der Waals surface area contributed by atoms with Crippen LogP contribution in [0.2, 0.25) is 0 Å². The maximum Gasteiger partial charge on any atom is 0.271 e. The Hall–Kier alpha value is -3.19. The molecule has 0 aliphatic carbocycles. The van der Waals surface area contributed by atoms with Gasteiger partial charge in [0.1, 0.15) is 5.75 Å². The average molecular weight is 426 g/mol. The lowest BCUT2D eigenvalue weighted by atomic mass is 10.0. The largest absolute Gasteiger partial charge is 0.483 e. The van der Waals surface area contributed by atoms with Crippen molar-refractivity contribution in [3.8, 4) is 5.75 Å². The Balaban J connectivity index is 1.81. The molecule has 0 spiro atoms. The van der Waals surface area contributed by atoms with Crippen molar-refractivity contribution < 1.29 is 22.7 Å². The van der Waals surface area contributed by atoms with E-state index in [1.807, 2.05) is 25.1 Å². The van der Waals surface area contributed by atoms with Gasteiger partial charge in [-0.05, 0) is 55.7 Å². The lowest BCUT2D eigenvalue weighted by Gasteiger charge is -2.14. The van der Waals surface area contributed by atoms with Crippen LogP contribution in [0, 0.1) is 20.8 Å². The van der Waals surface area contributed by atoms with E-state index in [1.54, 1.807) is 44.2 Å². The molecule has 0 bridgehead atoms. The number of sulfonamides is 1. The Morgan fingerprint density at radius 2 is 1.60 bits per heavy atom. The first-order valence-electron chi connectivity index (χ1n) is 9.39. The van der Waals surface area contributed by atoms with Crippen LogP contribution in [0.4, 0.5) is 0 Å². The van der Waals surface area contributed by atoms with Gasteiger partial charge in [-0.25, -0.2) is 13.1 Å². The van der Waals surface area contributed by atoms with Crippen molar-refractivity contribution in [3.05, 3.63) is 70.8 Å². The fraction of sp³-hybridized carbons (Fsp3) is 0.217. The minimum Gasteiger partial charge on any atom is -0.483 e. The molecule has 0 aliphatic rings. The van der Waals surface area contributed by atoms with Crippen LogP contribution < -0.4 is 9.46 Å². The second-order valence-corrected chi connectivity index (χ2v) is 8.88. The van der Waals surface area contributed by atoms with E-state index in [-0.39, 0.29) is 16.4 Å². The van der Waals surface area contributed by atoms with E-state index in [4.69, 9.17) is 4.74 Å². The van der Waals surface area contributed by atoms with Crippen molar-refractivity contribution in [3.63, 3.8) is 0 Å². The van der Waals surface area contributed by atoms with Gasteiger partial charge in [-0.3, -0.25) is 9.59 Å². The van der Waals surface area contributed by atoms with Gasteiger partial charge in [0.25, 0.3) is 15.9 Å². The number of carbonyl (C=O) groups is 2. The standard InChI is InChI=1S/C23H23NO5S/c1-14-11-15(2)23(16(3)12-14)30(27,28)24-21(26)13-29-20-10-9-18-7-5-6-8-19(18)22(20)17(4)25/h5-12H,13H2,1-4H3,(H,24,26). The number of ether oxygens (including phenoxy) is 1. The summed E-state index contributed by atoms with van der Waals surface area (Å²) in [6, 6.07) is 14.2. The highest BCUT2D eigenvalue weighted by molar-refractivity contribution is 7.90. The van der Waals surface area contributed by atoms with Crippen molar-refractivity contribution in [2.45, 2.75) is 32.6 Å². The van der Waals surface area contributed by atoms with Crippen LogP contribution >= 0.6 is 0 Å². The van der Waals surface area contributed by atoms with E-state index < -0.39 is 22.5 Å². The predicted molar refractivity (Wildman–Crippen MR) is 115 cm³/mol. The third-order valence-corrected chi connectivity index (χ3v) is 6.40. The smallest absolute Gasteiger partial charge is 0.271 e. The summed E-state index contributed by atoms with van der Waals surface area (Å²) in [4.78, 5) is 24.6. The van der Waals surface area contributed by atoms with Gasteiger partial charge in [0.05, 0.1) is 10.5 Å². The maximum atomic E-state index is 12.7. The number of hydrogen-bond acceptors (Lipinski definition) is 5. The summed E-state index contributed by atoms with van der Waals surface area (Å²) in [5.74, 6) is -0.797. The van der Waals surface area contributed by atoms with E-state index in [1.165, 1.54) is 6.92 Å². The molecule has 0 heterocycles. The lowest BCUT2D eigenvalue weighted by Crippen LogP contribution is -2.35. The van der Waals surface area contributed by atoms with E-state index in [0.29, 0.717) is 22.1 Å². The molecule has 3 aromatic carbocycles. The zero-order chi connectivity index (χ0) is 22.1. The van der Waals surface area contributed by atoms with Gasteiger partial charge in [0, 0.05) is 0 Å². The summed E-state index contributed by atoms with van der Waals surface area (Å²) in [6.07, 6.45) is 0. The SMILES string of the molecule is CC(=O)c1c(OCC(=O)NS(=O)(=O)c2c(C)cc(C)cc2C)ccc2ccccc12. The van der Waals surface area contributed by atoms with E-state index in [9.17, 15) is 18.0 Å². The Morgan fingerprint density at radius 1 is 0.967 bits per heavy atom. The van der Waals surface area contributed by atoms with Gasteiger partial charge in [0.15, 0.2) is 12.4 Å². The molecule has 0 aromatic heterocycles. The van der Waals surface area contributed by atoms with Crippen molar-refractivity contribution in [1.82, 2.24) is 4.72 Å². The number of rotatable bonds is 6. The molecule has 0 saturated heterocycles. The highest BCUT2D eigenvalue weighted by Crippen LogP contribution is 2.28. The van der Waals surface area contributed by atoms with Crippen LogP contribution in [0.5, 0.6) is 5.75 Å². The molecule has 0 fully saturated rings. The number of Topliss-reactive ketones (excluding diaryl/α,β-unsaturated/α-hetero) is 1. The quantitative estimate of drug-likeness (QED) is 0.606. The number of benzene rings is 3. The van der Waals surface area contributed by atoms with Gasteiger partial charge >= 0.3 is 0 Å². The number of fused-ring (bicyclic) bond motifs is 1. The average Bonchev–Trinajstić information content (AvgIpc) is 2.64. The molecule has 1 amide bonds. The van der Waals surface area contributed by atoms with Crippen LogP contribution in [0.25, 0.3) is 10.8 Å². The summed E-state index contributed by atoms with van der Waals surface area (Å²) in [5, 5.41) is 1.58. The molecular formula is C23H23NO5S. The predicted octanol–water partition coefficient (Wildman–Crippen LogP) is 3.85. The molecule has 0 aliphatic heterocycles. The summed E-state index contributed by atoms with van der Waals surface area (Å²) >= 11 is 0. The molecule has 30 heavy (non-hydrogen) atoms. The number of nitrogens with one attached hydrogen (secondary N) is 1. The van der Waals surface area contributed by atoms with Crippen LogP contribution in [-0.2, 0) is 14.8 Å². The Labute approximate surface area is 175 Å². The monoisotopic (exact) mass is 425 g/mol. The number of amides is 1. The molecular weight excluding hydrogens is 402 g/mol. The molecule has 0 saturated carbocycles. The van der Waals surface area contributed by atoms with Crippen LogP contribution in [0.1, 0.15) is 34.0 Å². The van der Waals surface area contributed by atoms with Crippen molar-refractivity contribution >= 4 is 32.5 Å². The first kappa shape index (κ1) is 21.5. The first-order valence-corrected chi connectivity index (χ1v) is 10.9.